The van der Waals surface area contributed by atoms with E-state index in [1.54, 1.807) is 60.7 Å². The number of hydrogen-bond acceptors (Lipinski definition) is 3. The van der Waals surface area contributed by atoms with Crippen LogP contribution in [0.1, 0.15) is 37.4 Å². The van der Waals surface area contributed by atoms with Gasteiger partial charge in [-0.3, -0.25) is 14.4 Å². The zero-order valence-corrected chi connectivity index (χ0v) is 16.4. The second kappa shape index (κ2) is 8.97. The van der Waals surface area contributed by atoms with Crippen molar-refractivity contribution in [2.45, 2.75) is 13.8 Å². The number of carbonyl (C=O) groups excluding carboxylic acids is 3. The molecular weight excluding hydrogens is 364 g/mol. The van der Waals surface area contributed by atoms with Gasteiger partial charge < -0.3 is 10.6 Å². The summed E-state index contributed by atoms with van der Waals surface area (Å²) in [5.41, 5.74) is 4.05. The maximum Gasteiger partial charge on any atom is 0.251 e. The second-order valence-electron chi connectivity index (χ2n) is 6.88. The van der Waals surface area contributed by atoms with E-state index < -0.39 is 0 Å². The average Bonchev–Trinajstić information content (AvgIpc) is 2.71. The molecule has 29 heavy (non-hydrogen) atoms. The molecule has 3 aromatic rings. The van der Waals surface area contributed by atoms with E-state index in [9.17, 15) is 14.4 Å². The largest absolute Gasteiger partial charge is 0.343 e. The molecule has 0 unspecified atom stereocenters. The van der Waals surface area contributed by atoms with Gasteiger partial charge in [0.15, 0.2) is 5.78 Å². The van der Waals surface area contributed by atoms with Crippen LogP contribution in [0.5, 0.6) is 0 Å². The van der Waals surface area contributed by atoms with Crippen LogP contribution in [0.15, 0.2) is 72.8 Å². The fourth-order valence-corrected chi connectivity index (χ4v) is 3.07. The molecule has 0 heterocycles. The minimum absolute atomic E-state index is 0.121. The Bertz CT molecular complexity index is 1040. The van der Waals surface area contributed by atoms with Crippen molar-refractivity contribution in [1.29, 1.82) is 0 Å². The van der Waals surface area contributed by atoms with Gasteiger partial charge in [-0.15, -0.1) is 0 Å². The van der Waals surface area contributed by atoms with Gasteiger partial charge in [0.1, 0.15) is 0 Å². The smallest absolute Gasteiger partial charge is 0.251 e. The van der Waals surface area contributed by atoms with Crippen LogP contribution in [0.3, 0.4) is 0 Å². The molecule has 0 radical (unpaired) electrons. The fourth-order valence-electron chi connectivity index (χ4n) is 3.07. The van der Waals surface area contributed by atoms with Gasteiger partial charge in [-0.05, 0) is 38.1 Å². The van der Waals surface area contributed by atoms with Crippen molar-refractivity contribution in [2.75, 3.05) is 11.9 Å². The van der Waals surface area contributed by atoms with Crippen LogP contribution in [0.25, 0.3) is 0 Å². The number of benzene rings is 3. The van der Waals surface area contributed by atoms with Crippen LogP contribution in [-0.4, -0.2) is 24.1 Å². The zero-order chi connectivity index (χ0) is 20.8. The molecule has 0 bridgehead atoms. The van der Waals surface area contributed by atoms with Crippen LogP contribution in [-0.2, 0) is 4.79 Å². The van der Waals surface area contributed by atoms with Crippen molar-refractivity contribution in [2.24, 2.45) is 0 Å². The van der Waals surface area contributed by atoms with Crippen LogP contribution in [0, 0.1) is 13.8 Å². The van der Waals surface area contributed by atoms with Gasteiger partial charge in [-0.1, -0.05) is 59.7 Å². The number of aryl methyl sites for hydroxylation is 2. The molecule has 5 heteroatoms. The number of hydrogen-bond donors (Lipinski definition) is 2. The van der Waals surface area contributed by atoms with Gasteiger partial charge in [0, 0.05) is 22.4 Å². The van der Waals surface area contributed by atoms with E-state index in [1.807, 2.05) is 26.0 Å². The molecule has 2 amide bonds. The lowest BCUT2D eigenvalue weighted by Crippen LogP contribution is -2.33. The van der Waals surface area contributed by atoms with Crippen molar-refractivity contribution in [3.8, 4) is 0 Å². The molecule has 5 nitrogen and oxygen atoms in total. The highest BCUT2D eigenvalue weighted by Crippen LogP contribution is 2.15. The van der Waals surface area contributed by atoms with E-state index in [2.05, 4.69) is 10.6 Å². The number of amides is 2. The monoisotopic (exact) mass is 386 g/mol. The van der Waals surface area contributed by atoms with Gasteiger partial charge in [0.05, 0.1) is 6.54 Å². The Morgan fingerprint density at radius 3 is 2.07 bits per heavy atom. The quantitative estimate of drug-likeness (QED) is 0.631. The molecule has 0 aliphatic heterocycles. The van der Waals surface area contributed by atoms with Gasteiger partial charge in [0.2, 0.25) is 5.91 Å². The molecule has 3 aromatic carbocycles. The molecule has 0 aromatic heterocycles. The first kappa shape index (κ1) is 20.0. The van der Waals surface area contributed by atoms with E-state index >= 15 is 0 Å². The van der Waals surface area contributed by atoms with Crippen molar-refractivity contribution in [3.63, 3.8) is 0 Å². The minimum Gasteiger partial charge on any atom is -0.343 e. The van der Waals surface area contributed by atoms with Gasteiger partial charge in [0.25, 0.3) is 5.91 Å². The molecule has 0 fully saturated rings. The first-order valence-corrected chi connectivity index (χ1v) is 9.28. The van der Waals surface area contributed by atoms with Crippen LogP contribution >= 0.6 is 0 Å². The summed E-state index contributed by atoms with van der Waals surface area (Å²) in [6.45, 7) is 3.67. The topological polar surface area (TPSA) is 75.3 Å². The van der Waals surface area contributed by atoms with Crippen LogP contribution in [0.4, 0.5) is 5.69 Å². The van der Waals surface area contributed by atoms with E-state index in [4.69, 9.17) is 0 Å². The summed E-state index contributed by atoms with van der Waals surface area (Å²) < 4.78 is 0. The third kappa shape index (κ3) is 5.39. The lowest BCUT2D eigenvalue weighted by atomic mass is 10.0. The first-order chi connectivity index (χ1) is 13.9. The number of carbonyl (C=O) groups is 3. The Labute approximate surface area is 169 Å². The van der Waals surface area contributed by atoms with E-state index in [0.29, 0.717) is 22.4 Å². The van der Waals surface area contributed by atoms with Crippen LogP contribution < -0.4 is 10.6 Å². The normalized spacial score (nSPS) is 10.3. The molecular formula is C24H22N2O3. The highest BCUT2D eigenvalue weighted by atomic mass is 16.2. The molecule has 0 aliphatic carbocycles. The van der Waals surface area contributed by atoms with Crippen molar-refractivity contribution in [1.82, 2.24) is 5.32 Å². The predicted molar refractivity (Wildman–Crippen MR) is 113 cm³/mol. The van der Waals surface area contributed by atoms with E-state index in [0.717, 1.165) is 11.1 Å². The van der Waals surface area contributed by atoms with Gasteiger partial charge in [-0.2, -0.15) is 0 Å². The summed E-state index contributed by atoms with van der Waals surface area (Å²) in [7, 11) is 0. The zero-order valence-electron chi connectivity index (χ0n) is 16.4. The standard InChI is InChI=1S/C24H22N2O3/c1-16-11-17(2)13-20(12-16)24(29)25-15-22(27)26-21-10-6-9-19(14-21)23(28)18-7-4-3-5-8-18/h3-14H,15H2,1-2H3,(H,25,29)(H,26,27). The highest BCUT2D eigenvalue weighted by molar-refractivity contribution is 6.09. The minimum atomic E-state index is -0.368. The number of ketones is 1. The van der Waals surface area contributed by atoms with Crippen molar-refractivity contribution in [3.05, 3.63) is 101 Å². The fraction of sp³-hybridized carbons (Fsp3) is 0.125. The lowest BCUT2D eigenvalue weighted by Gasteiger charge is -2.09. The molecule has 146 valence electrons. The Hall–Kier alpha value is -3.73. The molecule has 0 saturated heterocycles. The number of rotatable bonds is 6. The van der Waals surface area contributed by atoms with E-state index in [1.165, 1.54) is 0 Å². The predicted octanol–water partition coefficient (Wildman–Crippen LogP) is 3.90. The Morgan fingerprint density at radius 1 is 0.724 bits per heavy atom. The lowest BCUT2D eigenvalue weighted by molar-refractivity contribution is -0.115. The SMILES string of the molecule is Cc1cc(C)cc(C(=O)NCC(=O)Nc2cccc(C(=O)c3ccccc3)c2)c1. The van der Waals surface area contributed by atoms with Crippen molar-refractivity contribution >= 4 is 23.3 Å². The van der Waals surface area contributed by atoms with Crippen LogP contribution in [0.2, 0.25) is 0 Å². The Balaban J connectivity index is 1.61. The number of nitrogens with one attached hydrogen (secondary N) is 2. The summed E-state index contributed by atoms with van der Waals surface area (Å²) in [4.78, 5) is 37.0. The molecule has 0 saturated carbocycles. The highest BCUT2D eigenvalue weighted by Gasteiger charge is 2.12. The summed E-state index contributed by atoms with van der Waals surface area (Å²) in [6, 6.07) is 21.2. The molecule has 0 aliphatic rings. The summed E-state index contributed by atoms with van der Waals surface area (Å²) >= 11 is 0. The third-order valence-electron chi connectivity index (χ3n) is 4.34. The molecule has 3 rings (SSSR count). The maximum atomic E-state index is 12.5. The maximum absolute atomic E-state index is 12.5. The average molecular weight is 386 g/mol. The van der Waals surface area contributed by atoms with Gasteiger partial charge in [-0.25, -0.2) is 0 Å². The summed E-state index contributed by atoms with van der Waals surface area (Å²) in [5, 5.41) is 5.33. The number of anilines is 1. The Morgan fingerprint density at radius 2 is 1.38 bits per heavy atom. The first-order valence-electron chi connectivity index (χ1n) is 9.28. The Kier molecular flexibility index (Phi) is 6.19. The summed E-state index contributed by atoms with van der Waals surface area (Å²) in [6.07, 6.45) is 0. The third-order valence-corrected chi connectivity index (χ3v) is 4.34. The van der Waals surface area contributed by atoms with Gasteiger partial charge >= 0.3 is 0 Å². The molecule has 0 atom stereocenters. The second-order valence-corrected chi connectivity index (χ2v) is 6.88. The molecule has 2 N–H and O–H groups in total. The van der Waals surface area contributed by atoms with Crippen molar-refractivity contribution < 1.29 is 14.4 Å². The van der Waals surface area contributed by atoms with E-state index in [-0.39, 0.29) is 24.1 Å². The molecule has 0 spiro atoms. The summed E-state index contributed by atoms with van der Waals surface area (Å²) in [5.74, 6) is -0.795.